The van der Waals surface area contributed by atoms with Crippen LogP contribution in [0.5, 0.6) is 0 Å². The van der Waals surface area contributed by atoms with Crippen molar-refractivity contribution >= 4 is 11.6 Å². The topological polar surface area (TPSA) is 41.1 Å². The quantitative estimate of drug-likeness (QED) is 0.884. The van der Waals surface area contributed by atoms with E-state index in [-0.39, 0.29) is 5.91 Å². The lowest BCUT2D eigenvalue weighted by molar-refractivity contribution is -0.115. The summed E-state index contributed by atoms with van der Waals surface area (Å²) < 4.78 is 0. The molecule has 0 aromatic heterocycles. The lowest BCUT2D eigenvalue weighted by atomic mass is 9.80. The average Bonchev–Trinajstić information content (AvgIpc) is 2.35. The molecule has 1 aromatic rings. The Hall–Kier alpha value is -1.35. The zero-order valence-electron chi connectivity index (χ0n) is 12.8. The van der Waals surface area contributed by atoms with Crippen LogP contribution in [-0.4, -0.2) is 18.5 Å². The molecule has 1 fully saturated rings. The average molecular weight is 274 g/mol. The second-order valence-corrected chi connectivity index (χ2v) is 6.41. The fraction of sp³-hybridized carbons (Fsp3) is 0.588. The summed E-state index contributed by atoms with van der Waals surface area (Å²) in [5.41, 5.74) is 2.04. The van der Waals surface area contributed by atoms with Crippen LogP contribution in [0.4, 0.5) is 5.69 Å². The highest BCUT2D eigenvalue weighted by atomic mass is 16.1. The van der Waals surface area contributed by atoms with E-state index in [1.54, 1.807) is 0 Å². The Morgan fingerprint density at radius 3 is 2.55 bits per heavy atom. The van der Waals surface area contributed by atoms with Crippen LogP contribution in [0.1, 0.15) is 38.7 Å². The molecule has 1 aliphatic carbocycles. The zero-order chi connectivity index (χ0) is 14.5. The van der Waals surface area contributed by atoms with Gasteiger partial charge in [-0.3, -0.25) is 4.79 Å². The summed E-state index contributed by atoms with van der Waals surface area (Å²) in [5, 5.41) is 6.35. The highest BCUT2D eigenvalue weighted by molar-refractivity contribution is 5.92. The smallest absolute Gasteiger partial charge is 0.238 e. The Kier molecular flexibility index (Phi) is 5.18. The third-order valence-electron chi connectivity index (χ3n) is 4.03. The second kappa shape index (κ2) is 6.89. The van der Waals surface area contributed by atoms with Gasteiger partial charge in [0.05, 0.1) is 6.54 Å². The molecular formula is C17H26N2O. The van der Waals surface area contributed by atoms with Gasteiger partial charge < -0.3 is 10.6 Å². The standard InChI is InChI=1S/C17H26N2O/c1-12-5-4-6-15(8-12)19-17(20)11-18-16-9-13(2)7-14(3)10-16/h4-6,8,13-14,16,18H,7,9-11H2,1-3H3,(H,19,20). The Morgan fingerprint density at radius 1 is 1.20 bits per heavy atom. The molecule has 2 atom stereocenters. The molecule has 1 aliphatic rings. The number of hydrogen-bond acceptors (Lipinski definition) is 2. The second-order valence-electron chi connectivity index (χ2n) is 6.41. The molecule has 0 radical (unpaired) electrons. The Labute approximate surface area is 122 Å². The maximum atomic E-state index is 12.0. The van der Waals surface area contributed by atoms with E-state index in [1.165, 1.54) is 19.3 Å². The van der Waals surface area contributed by atoms with Crippen molar-refractivity contribution in [2.45, 2.75) is 46.1 Å². The number of anilines is 1. The monoisotopic (exact) mass is 274 g/mol. The van der Waals surface area contributed by atoms with E-state index in [2.05, 4.69) is 24.5 Å². The van der Waals surface area contributed by atoms with E-state index in [0.717, 1.165) is 23.1 Å². The Balaban J connectivity index is 1.77. The van der Waals surface area contributed by atoms with E-state index in [1.807, 2.05) is 31.2 Å². The summed E-state index contributed by atoms with van der Waals surface area (Å²) in [6.07, 6.45) is 3.68. The molecule has 1 amide bonds. The first-order valence-electron chi connectivity index (χ1n) is 7.63. The van der Waals surface area contributed by atoms with E-state index < -0.39 is 0 Å². The molecule has 0 saturated heterocycles. The predicted molar refractivity (Wildman–Crippen MR) is 83.8 cm³/mol. The molecule has 3 nitrogen and oxygen atoms in total. The van der Waals surface area contributed by atoms with Crippen LogP contribution in [0.15, 0.2) is 24.3 Å². The summed E-state index contributed by atoms with van der Waals surface area (Å²) >= 11 is 0. The number of carbonyl (C=O) groups is 1. The number of hydrogen-bond donors (Lipinski definition) is 2. The fourth-order valence-electron chi connectivity index (χ4n) is 3.28. The van der Waals surface area contributed by atoms with Gasteiger partial charge in [-0.15, -0.1) is 0 Å². The van der Waals surface area contributed by atoms with Crippen LogP contribution in [0.3, 0.4) is 0 Å². The van der Waals surface area contributed by atoms with Crippen molar-refractivity contribution in [2.75, 3.05) is 11.9 Å². The summed E-state index contributed by atoms with van der Waals surface area (Å²) in [7, 11) is 0. The predicted octanol–water partition coefficient (Wildman–Crippen LogP) is 3.35. The van der Waals surface area contributed by atoms with E-state index in [4.69, 9.17) is 0 Å². The molecule has 1 saturated carbocycles. The molecule has 1 aromatic carbocycles. The van der Waals surface area contributed by atoms with E-state index in [9.17, 15) is 4.79 Å². The Bertz CT molecular complexity index is 448. The summed E-state index contributed by atoms with van der Waals surface area (Å²) in [4.78, 5) is 12.0. The molecular weight excluding hydrogens is 248 g/mol. The molecule has 3 heteroatoms. The van der Waals surface area contributed by atoms with E-state index in [0.29, 0.717) is 12.6 Å². The molecule has 0 spiro atoms. The van der Waals surface area contributed by atoms with Crippen LogP contribution in [0.2, 0.25) is 0 Å². The number of nitrogens with one attached hydrogen (secondary N) is 2. The number of carbonyl (C=O) groups excluding carboxylic acids is 1. The molecule has 110 valence electrons. The van der Waals surface area contributed by atoms with Crippen molar-refractivity contribution in [3.8, 4) is 0 Å². The van der Waals surface area contributed by atoms with Gasteiger partial charge in [0, 0.05) is 11.7 Å². The van der Waals surface area contributed by atoms with Gasteiger partial charge in [0.1, 0.15) is 0 Å². The highest BCUT2D eigenvalue weighted by Gasteiger charge is 2.23. The lowest BCUT2D eigenvalue weighted by Crippen LogP contribution is -2.40. The molecule has 2 rings (SSSR count). The number of aryl methyl sites for hydroxylation is 1. The van der Waals surface area contributed by atoms with Gasteiger partial charge in [-0.1, -0.05) is 26.0 Å². The minimum atomic E-state index is 0.0430. The van der Waals surface area contributed by atoms with Gasteiger partial charge in [0.25, 0.3) is 0 Å². The first kappa shape index (κ1) is 15.0. The van der Waals surface area contributed by atoms with Crippen molar-refractivity contribution in [3.05, 3.63) is 29.8 Å². The van der Waals surface area contributed by atoms with Gasteiger partial charge in [-0.25, -0.2) is 0 Å². The van der Waals surface area contributed by atoms with Crippen LogP contribution in [-0.2, 0) is 4.79 Å². The van der Waals surface area contributed by atoms with Crippen LogP contribution >= 0.6 is 0 Å². The summed E-state index contributed by atoms with van der Waals surface area (Å²) in [6.45, 7) is 7.03. The van der Waals surface area contributed by atoms with Crippen molar-refractivity contribution in [2.24, 2.45) is 11.8 Å². The normalized spacial score (nSPS) is 26.2. The van der Waals surface area contributed by atoms with Crippen molar-refractivity contribution in [3.63, 3.8) is 0 Å². The van der Waals surface area contributed by atoms with Gasteiger partial charge in [0.2, 0.25) is 5.91 Å². The number of benzene rings is 1. The molecule has 0 aliphatic heterocycles. The maximum absolute atomic E-state index is 12.0. The minimum Gasteiger partial charge on any atom is -0.325 e. The van der Waals surface area contributed by atoms with Crippen molar-refractivity contribution in [1.29, 1.82) is 0 Å². The van der Waals surface area contributed by atoms with Crippen molar-refractivity contribution < 1.29 is 4.79 Å². The molecule has 20 heavy (non-hydrogen) atoms. The van der Waals surface area contributed by atoms with Gasteiger partial charge in [-0.2, -0.15) is 0 Å². The highest BCUT2D eigenvalue weighted by Crippen LogP contribution is 2.28. The number of amides is 1. The van der Waals surface area contributed by atoms with Crippen LogP contribution in [0.25, 0.3) is 0 Å². The van der Waals surface area contributed by atoms with E-state index >= 15 is 0 Å². The molecule has 0 bridgehead atoms. The van der Waals surface area contributed by atoms with Gasteiger partial charge in [-0.05, 0) is 55.7 Å². The van der Waals surface area contributed by atoms with Crippen molar-refractivity contribution in [1.82, 2.24) is 5.32 Å². The number of rotatable bonds is 4. The Morgan fingerprint density at radius 2 is 1.90 bits per heavy atom. The maximum Gasteiger partial charge on any atom is 0.238 e. The van der Waals surface area contributed by atoms with Gasteiger partial charge in [0.15, 0.2) is 0 Å². The minimum absolute atomic E-state index is 0.0430. The SMILES string of the molecule is Cc1cccc(NC(=O)CNC2CC(C)CC(C)C2)c1. The van der Waals surface area contributed by atoms with Crippen LogP contribution in [0, 0.1) is 18.8 Å². The zero-order valence-corrected chi connectivity index (χ0v) is 12.8. The van der Waals surface area contributed by atoms with Gasteiger partial charge >= 0.3 is 0 Å². The fourth-order valence-corrected chi connectivity index (χ4v) is 3.28. The third-order valence-corrected chi connectivity index (χ3v) is 4.03. The lowest BCUT2D eigenvalue weighted by Gasteiger charge is -2.31. The third kappa shape index (κ3) is 4.64. The molecule has 2 unspecified atom stereocenters. The largest absolute Gasteiger partial charge is 0.325 e. The first-order chi connectivity index (χ1) is 9.52. The molecule has 2 N–H and O–H groups in total. The molecule has 0 heterocycles. The summed E-state index contributed by atoms with van der Waals surface area (Å²) in [5.74, 6) is 1.56. The first-order valence-corrected chi connectivity index (χ1v) is 7.63. The summed E-state index contributed by atoms with van der Waals surface area (Å²) in [6, 6.07) is 8.39. The van der Waals surface area contributed by atoms with Crippen LogP contribution < -0.4 is 10.6 Å².